The highest BCUT2D eigenvalue weighted by molar-refractivity contribution is 5.70. The van der Waals surface area contributed by atoms with Gasteiger partial charge in [-0.05, 0) is 66.0 Å². The molecule has 0 N–H and O–H groups in total. The highest BCUT2D eigenvalue weighted by Gasteiger charge is 2.02. The van der Waals surface area contributed by atoms with Crippen LogP contribution in [0, 0.1) is 0 Å². The van der Waals surface area contributed by atoms with Crippen LogP contribution in [0.15, 0.2) is 85.5 Å². The lowest BCUT2D eigenvalue weighted by Crippen LogP contribution is -1.92. The van der Waals surface area contributed by atoms with Gasteiger partial charge in [0.15, 0.2) is 0 Å². The Labute approximate surface area is 175 Å². The monoisotopic (exact) mass is 386 g/mol. The lowest BCUT2D eigenvalue weighted by molar-refractivity contribution is 0.330. The molecule has 0 heterocycles. The van der Waals surface area contributed by atoms with Gasteiger partial charge in [-0.15, -0.1) is 6.58 Å². The molecule has 1 unspecified atom stereocenters. The molecule has 0 radical (unpaired) electrons. The Morgan fingerprint density at radius 2 is 1.14 bits per heavy atom. The van der Waals surface area contributed by atoms with Crippen molar-refractivity contribution in [1.82, 2.24) is 0 Å². The summed E-state index contributed by atoms with van der Waals surface area (Å²) in [5, 5.41) is 0. The fourth-order valence-electron chi connectivity index (χ4n) is 3.65. The topological polar surface area (TPSA) is 0 Å². The van der Waals surface area contributed by atoms with Crippen LogP contribution < -0.4 is 0 Å². The predicted octanol–water partition coefficient (Wildman–Crippen LogP) is 8.21. The highest BCUT2D eigenvalue weighted by atomic mass is 19.1. The average Bonchev–Trinajstić information content (AvgIpc) is 2.75. The summed E-state index contributed by atoms with van der Waals surface area (Å²) in [5.41, 5.74) is 7.60. The molecule has 0 bridgehead atoms. The summed E-state index contributed by atoms with van der Waals surface area (Å²) in [6.45, 7) is 5.44. The Balaban J connectivity index is 1.57. The van der Waals surface area contributed by atoms with Gasteiger partial charge in [-0.1, -0.05) is 91.7 Å². The van der Waals surface area contributed by atoms with Crippen molar-refractivity contribution in [2.45, 2.75) is 51.6 Å². The molecule has 3 aromatic carbocycles. The third-order valence-corrected chi connectivity index (χ3v) is 5.41. The zero-order chi connectivity index (χ0) is 20.5. The van der Waals surface area contributed by atoms with Gasteiger partial charge in [-0.25, -0.2) is 4.39 Å². The lowest BCUT2D eigenvalue weighted by atomic mass is 9.98. The molecule has 0 saturated carbocycles. The Morgan fingerprint density at radius 1 is 0.690 bits per heavy atom. The standard InChI is InChI=1S/C28H31F/c1-3-7-23-10-14-25(15-11-23)27-18-20-28(21-19-27)26-16-12-24(13-17-26)9-6-4-5-8-22(2)29/h3,10-22H,1,4-9H2,2H3. The van der Waals surface area contributed by atoms with Crippen LogP contribution >= 0.6 is 0 Å². The molecule has 29 heavy (non-hydrogen) atoms. The van der Waals surface area contributed by atoms with E-state index in [4.69, 9.17) is 0 Å². The largest absolute Gasteiger partial charge is 0.248 e. The van der Waals surface area contributed by atoms with Crippen molar-refractivity contribution in [2.24, 2.45) is 0 Å². The minimum absolute atomic E-state index is 0.669. The molecule has 0 amide bonds. The molecule has 0 aliphatic heterocycles. The van der Waals surface area contributed by atoms with Crippen molar-refractivity contribution in [3.05, 3.63) is 96.6 Å². The number of hydrogen-bond donors (Lipinski definition) is 0. The van der Waals surface area contributed by atoms with E-state index in [2.05, 4.69) is 79.4 Å². The van der Waals surface area contributed by atoms with Crippen LogP contribution in [-0.2, 0) is 12.8 Å². The lowest BCUT2D eigenvalue weighted by Gasteiger charge is -2.07. The molecule has 0 fully saturated rings. The van der Waals surface area contributed by atoms with Crippen molar-refractivity contribution in [2.75, 3.05) is 0 Å². The summed E-state index contributed by atoms with van der Waals surface area (Å²) in [6.07, 6.45) is 7.15. The Kier molecular flexibility index (Phi) is 7.81. The predicted molar refractivity (Wildman–Crippen MR) is 124 cm³/mol. The number of benzene rings is 3. The van der Waals surface area contributed by atoms with Gasteiger partial charge in [0.25, 0.3) is 0 Å². The molecule has 0 saturated heterocycles. The van der Waals surface area contributed by atoms with E-state index in [0.29, 0.717) is 6.42 Å². The Morgan fingerprint density at radius 3 is 1.59 bits per heavy atom. The first-order chi connectivity index (χ1) is 14.2. The second-order valence-electron chi connectivity index (χ2n) is 7.84. The number of rotatable bonds is 10. The molecular formula is C28H31F. The number of alkyl halides is 1. The van der Waals surface area contributed by atoms with E-state index in [1.807, 2.05) is 6.08 Å². The van der Waals surface area contributed by atoms with Crippen LogP contribution in [0.5, 0.6) is 0 Å². The van der Waals surface area contributed by atoms with Gasteiger partial charge in [0, 0.05) is 0 Å². The van der Waals surface area contributed by atoms with Crippen molar-refractivity contribution in [1.29, 1.82) is 0 Å². The second-order valence-corrected chi connectivity index (χ2v) is 7.84. The van der Waals surface area contributed by atoms with Gasteiger partial charge in [0.2, 0.25) is 0 Å². The summed E-state index contributed by atoms with van der Waals surface area (Å²) >= 11 is 0. The number of allylic oxidation sites excluding steroid dienone is 1. The SMILES string of the molecule is C=CCc1ccc(-c2ccc(-c3ccc(CCCCCC(C)F)cc3)cc2)cc1. The first-order valence-corrected chi connectivity index (χ1v) is 10.7. The molecule has 1 atom stereocenters. The summed E-state index contributed by atoms with van der Waals surface area (Å²) in [4.78, 5) is 0. The number of halogens is 1. The van der Waals surface area contributed by atoms with Crippen molar-refractivity contribution >= 4 is 0 Å². The van der Waals surface area contributed by atoms with E-state index in [-0.39, 0.29) is 0 Å². The normalized spacial score (nSPS) is 11.9. The number of unbranched alkanes of at least 4 members (excludes halogenated alkanes) is 2. The van der Waals surface area contributed by atoms with E-state index in [9.17, 15) is 4.39 Å². The van der Waals surface area contributed by atoms with Crippen molar-refractivity contribution in [3.8, 4) is 22.3 Å². The highest BCUT2D eigenvalue weighted by Crippen LogP contribution is 2.26. The minimum atomic E-state index is -0.669. The van der Waals surface area contributed by atoms with Crippen molar-refractivity contribution < 1.29 is 4.39 Å². The Hall–Kier alpha value is -2.67. The van der Waals surface area contributed by atoms with Crippen LogP contribution in [0.1, 0.15) is 43.7 Å². The Bertz CT molecular complexity index is 871. The molecule has 150 valence electrons. The average molecular weight is 387 g/mol. The first kappa shape index (κ1) is 21.0. The number of aryl methyl sites for hydroxylation is 1. The molecule has 0 spiro atoms. The van der Waals surface area contributed by atoms with E-state index in [1.54, 1.807) is 6.92 Å². The molecule has 3 rings (SSSR count). The van der Waals surface area contributed by atoms with Crippen molar-refractivity contribution in [3.63, 3.8) is 0 Å². The van der Waals surface area contributed by atoms with Gasteiger partial charge in [0.1, 0.15) is 0 Å². The third-order valence-electron chi connectivity index (χ3n) is 5.41. The maximum absolute atomic E-state index is 12.8. The third kappa shape index (κ3) is 6.42. The maximum Gasteiger partial charge on any atom is 0.0973 e. The maximum atomic E-state index is 12.8. The molecule has 0 aliphatic carbocycles. The summed E-state index contributed by atoms with van der Waals surface area (Å²) < 4.78 is 12.8. The fraction of sp³-hybridized carbons (Fsp3) is 0.286. The zero-order valence-electron chi connectivity index (χ0n) is 17.4. The summed E-state index contributed by atoms with van der Waals surface area (Å²) in [5.74, 6) is 0. The van der Waals surface area contributed by atoms with Gasteiger partial charge in [0.05, 0.1) is 6.17 Å². The molecule has 0 aromatic heterocycles. The van der Waals surface area contributed by atoms with E-state index in [0.717, 1.165) is 32.1 Å². The van der Waals surface area contributed by atoms with Crippen LogP contribution in [0.3, 0.4) is 0 Å². The van der Waals surface area contributed by atoms with Crippen LogP contribution in [0.4, 0.5) is 4.39 Å². The van der Waals surface area contributed by atoms with Gasteiger partial charge in [-0.2, -0.15) is 0 Å². The van der Waals surface area contributed by atoms with E-state index in [1.165, 1.54) is 33.4 Å². The van der Waals surface area contributed by atoms with Gasteiger partial charge >= 0.3 is 0 Å². The molecule has 0 aliphatic rings. The molecule has 0 nitrogen and oxygen atoms in total. The van der Waals surface area contributed by atoms with Gasteiger partial charge < -0.3 is 0 Å². The summed E-state index contributed by atoms with van der Waals surface area (Å²) in [6, 6.07) is 26.3. The van der Waals surface area contributed by atoms with Crippen LogP contribution in [0.25, 0.3) is 22.3 Å². The first-order valence-electron chi connectivity index (χ1n) is 10.7. The van der Waals surface area contributed by atoms with E-state index >= 15 is 0 Å². The quantitative estimate of drug-likeness (QED) is 0.243. The smallest absolute Gasteiger partial charge is 0.0973 e. The molecular weight excluding hydrogens is 355 g/mol. The molecule has 3 aromatic rings. The second kappa shape index (κ2) is 10.8. The van der Waals surface area contributed by atoms with Gasteiger partial charge in [-0.3, -0.25) is 0 Å². The minimum Gasteiger partial charge on any atom is -0.248 e. The molecule has 1 heteroatoms. The van der Waals surface area contributed by atoms with Crippen LogP contribution in [0.2, 0.25) is 0 Å². The van der Waals surface area contributed by atoms with Crippen LogP contribution in [-0.4, -0.2) is 6.17 Å². The zero-order valence-corrected chi connectivity index (χ0v) is 17.4. The fourth-order valence-corrected chi connectivity index (χ4v) is 3.65. The summed E-state index contributed by atoms with van der Waals surface area (Å²) in [7, 11) is 0. The van der Waals surface area contributed by atoms with E-state index < -0.39 is 6.17 Å². The number of hydrogen-bond acceptors (Lipinski definition) is 0.